The number of anilines is 1. The summed E-state index contributed by atoms with van der Waals surface area (Å²) in [6, 6.07) is 14.8. The largest absolute Gasteiger partial charge is 0.456 e. The number of furan rings is 1. The lowest BCUT2D eigenvalue weighted by molar-refractivity contribution is 0.313. The van der Waals surface area contributed by atoms with E-state index < -0.39 is 0 Å². The van der Waals surface area contributed by atoms with E-state index in [-0.39, 0.29) is 0 Å². The topological polar surface area (TPSA) is 19.6 Å². The second-order valence-corrected chi connectivity index (χ2v) is 5.57. The molecule has 0 aliphatic carbocycles. The third-order valence-corrected chi connectivity index (χ3v) is 4.23. The molecule has 2 heterocycles. The maximum absolute atomic E-state index is 5.89. The van der Waals surface area contributed by atoms with E-state index in [1.165, 1.54) is 16.5 Å². The molecule has 1 aliphatic rings. The number of fused-ring (bicyclic) bond motifs is 3. The first kappa shape index (κ1) is 11.8. The van der Waals surface area contributed by atoms with Crippen molar-refractivity contribution in [3.63, 3.8) is 0 Å². The van der Waals surface area contributed by atoms with Crippen molar-refractivity contribution in [3.05, 3.63) is 42.5 Å². The van der Waals surface area contributed by atoms with Gasteiger partial charge in [0.25, 0.3) is 0 Å². The summed E-state index contributed by atoms with van der Waals surface area (Å²) >= 11 is 0. The van der Waals surface area contributed by atoms with Crippen LogP contribution in [0.4, 0.5) is 5.69 Å². The smallest absolute Gasteiger partial charge is 0.135 e. The zero-order valence-electron chi connectivity index (χ0n) is 11.7. The fourth-order valence-corrected chi connectivity index (χ4v) is 2.98. The molecule has 3 nitrogen and oxygen atoms in total. The van der Waals surface area contributed by atoms with Crippen LogP contribution in [0.2, 0.25) is 0 Å². The quantitative estimate of drug-likeness (QED) is 0.673. The maximum Gasteiger partial charge on any atom is 0.135 e. The van der Waals surface area contributed by atoms with E-state index in [0.29, 0.717) is 0 Å². The van der Waals surface area contributed by atoms with Crippen molar-refractivity contribution in [1.82, 2.24) is 4.90 Å². The number of para-hydroxylation sites is 1. The molecule has 0 saturated carbocycles. The van der Waals surface area contributed by atoms with Crippen LogP contribution in [0.1, 0.15) is 0 Å². The summed E-state index contributed by atoms with van der Waals surface area (Å²) in [6.45, 7) is 4.45. The molecule has 0 radical (unpaired) electrons. The van der Waals surface area contributed by atoms with Gasteiger partial charge in [-0.15, -0.1) is 0 Å². The monoisotopic (exact) mass is 266 g/mol. The van der Waals surface area contributed by atoms with Gasteiger partial charge < -0.3 is 14.2 Å². The SMILES string of the molecule is CN1CCN(c2ccc3oc4ccccc4c3c2)CC1. The van der Waals surface area contributed by atoms with E-state index in [2.05, 4.69) is 47.2 Å². The molecule has 3 heteroatoms. The third kappa shape index (κ3) is 1.86. The number of hydrogen-bond acceptors (Lipinski definition) is 3. The Morgan fingerprint density at radius 3 is 2.45 bits per heavy atom. The fourth-order valence-electron chi connectivity index (χ4n) is 2.98. The van der Waals surface area contributed by atoms with E-state index >= 15 is 0 Å². The van der Waals surface area contributed by atoms with Gasteiger partial charge in [0.1, 0.15) is 11.2 Å². The minimum absolute atomic E-state index is 0.970. The minimum atomic E-state index is 0.970. The second kappa shape index (κ2) is 4.53. The molecule has 0 N–H and O–H groups in total. The van der Waals surface area contributed by atoms with Crippen molar-refractivity contribution in [3.8, 4) is 0 Å². The molecular weight excluding hydrogens is 248 g/mol. The van der Waals surface area contributed by atoms with Crippen molar-refractivity contribution in [1.29, 1.82) is 0 Å². The molecule has 1 saturated heterocycles. The number of benzene rings is 2. The summed E-state index contributed by atoms with van der Waals surface area (Å²) in [5.74, 6) is 0. The Kier molecular flexibility index (Phi) is 2.67. The van der Waals surface area contributed by atoms with Crippen LogP contribution in [0.5, 0.6) is 0 Å². The van der Waals surface area contributed by atoms with Crippen molar-refractivity contribution < 1.29 is 4.42 Å². The average Bonchev–Trinajstić information content (AvgIpc) is 2.86. The maximum atomic E-state index is 5.89. The van der Waals surface area contributed by atoms with E-state index in [9.17, 15) is 0 Å². The van der Waals surface area contributed by atoms with E-state index in [4.69, 9.17) is 4.42 Å². The van der Waals surface area contributed by atoms with Crippen LogP contribution in [0.15, 0.2) is 46.9 Å². The van der Waals surface area contributed by atoms with Crippen molar-refractivity contribution in [2.75, 3.05) is 38.1 Å². The number of piperazine rings is 1. The highest BCUT2D eigenvalue weighted by molar-refractivity contribution is 6.05. The van der Waals surface area contributed by atoms with Gasteiger partial charge in [-0.2, -0.15) is 0 Å². The van der Waals surface area contributed by atoms with Crippen LogP contribution in [-0.4, -0.2) is 38.1 Å². The number of hydrogen-bond donors (Lipinski definition) is 0. The van der Waals surface area contributed by atoms with Crippen LogP contribution in [0, 0.1) is 0 Å². The average molecular weight is 266 g/mol. The normalized spacial score (nSPS) is 17.1. The Labute approximate surface area is 118 Å². The number of likely N-dealkylation sites (N-methyl/N-ethyl adjacent to an activating group) is 1. The molecular formula is C17H18N2O. The van der Waals surface area contributed by atoms with Gasteiger partial charge in [0.15, 0.2) is 0 Å². The Bertz CT molecular complexity index is 754. The molecule has 3 aromatic rings. The standard InChI is InChI=1S/C17H18N2O/c1-18-8-10-19(11-9-18)13-6-7-17-15(12-13)14-4-2-3-5-16(14)20-17/h2-7,12H,8-11H2,1H3. The Morgan fingerprint density at radius 1 is 0.850 bits per heavy atom. The molecule has 0 amide bonds. The number of nitrogens with zero attached hydrogens (tertiary/aromatic N) is 2. The summed E-state index contributed by atoms with van der Waals surface area (Å²) < 4.78 is 5.89. The molecule has 0 unspecified atom stereocenters. The lowest BCUT2D eigenvalue weighted by atomic mass is 10.1. The minimum Gasteiger partial charge on any atom is -0.456 e. The predicted molar refractivity (Wildman–Crippen MR) is 83.4 cm³/mol. The van der Waals surface area contributed by atoms with E-state index in [1.807, 2.05) is 12.1 Å². The fraction of sp³-hybridized carbons (Fsp3) is 0.294. The van der Waals surface area contributed by atoms with Crippen molar-refractivity contribution >= 4 is 27.6 Å². The predicted octanol–water partition coefficient (Wildman–Crippen LogP) is 3.34. The molecule has 20 heavy (non-hydrogen) atoms. The van der Waals surface area contributed by atoms with Crippen LogP contribution in [-0.2, 0) is 0 Å². The molecule has 4 rings (SSSR count). The Hall–Kier alpha value is -2.00. The van der Waals surface area contributed by atoms with Crippen LogP contribution < -0.4 is 4.90 Å². The van der Waals surface area contributed by atoms with Crippen molar-refractivity contribution in [2.45, 2.75) is 0 Å². The summed E-state index contributed by atoms with van der Waals surface area (Å²) in [5.41, 5.74) is 3.25. The van der Waals surface area contributed by atoms with Crippen LogP contribution in [0.3, 0.4) is 0 Å². The Morgan fingerprint density at radius 2 is 1.60 bits per heavy atom. The summed E-state index contributed by atoms with van der Waals surface area (Å²) in [6.07, 6.45) is 0. The van der Waals surface area contributed by atoms with Gasteiger partial charge >= 0.3 is 0 Å². The highest BCUT2D eigenvalue weighted by Gasteiger charge is 2.15. The lowest BCUT2D eigenvalue weighted by Gasteiger charge is -2.34. The highest BCUT2D eigenvalue weighted by atomic mass is 16.3. The molecule has 1 fully saturated rings. The van der Waals surface area contributed by atoms with Crippen LogP contribution >= 0.6 is 0 Å². The van der Waals surface area contributed by atoms with Gasteiger partial charge in [0.2, 0.25) is 0 Å². The van der Waals surface area contributed by atoms with Gasteiger partial charge in [0.05, 0.1) is 0 Å². The van der Waals surface area contributed by atoms with E-state index in [1.54, 1.807) is 0 Å². The van der Waals surface area contributed by atoms with Gasteiger partial charge in [-0.1, -0.05) is 18.2 Å². The molecule has 0 atom stereocenters. The van der Waals surface area contributed by atoms with Crippen molar-refractivity contribution in [2.24, 2.45) is 0 Å². The molecule has 1 aliphatic heterocycles. The molecule has 102 valence electrons. The van der Waals surface area contributed by atoms with E-state index in [0.717, 1.165) is 37.3 Å². The first-order valence-corrected chi connectivity index (χ1v) is 7.16. The van der Waals surface area contributed by atoms with Gasteiger partial charge in [-0.25, -0.2) is 0 Å². The lowest BCUT2D eigenvalue weighted by Crippen LogP contribution is -2.44. The third-order valence-electron chi connectivity index (χ3n) is 4.23. The summed E-state index contributed by atoms with van der Waals surface area (Å²) in [7, 11) is 2.18. The highest BCUT2D eigenvalue weighted by Crippen LogP contribution is 2.31. The number of rotatable bonds is 1. The summed E-state index contributed by atoms with van der Waals surface area (Å²) in [4.78, 5) is 4.84. The summed E-state index contributed by atoms with van der Waals surface area (Å²) in [5, 5.41) is 2.43. The molecule has 0 spiro atoms. The molecule has 0 bridgehead atoms. The Balaban J connectivity index is 1.79. The van der Waals surface area contributed by atoms with Gasteiger partial charge in [-0.3, -0.25) is 0 Å². The molecule has 1 aromatic heterocycles. The zero-order valence-corrected chi connectivity index (χ0v) is 11.7. The zero-order chi connectivity index (χ0) is 13.5. The first-order valence-electron chi connectivity index (χ1n) is 7.16. The van der Waals surface area contributed by atoms with Gasteiger partial charge in [0, 0.05) is 42.6 Å². The van der Waals surface area contributed by atoms with Crippen LogP contribution in [0.25, 0.3) is 21.9 Å². The first-order chi connectivity index (χ1) is 9.81. The van der Waals surface area contributed by atoms with Gasteiger partial charge in [-0.05, 0) is 31.3 Å². The second-order valence-electron chi connectivity index (χ2n) is 5.57. The molecule has 2 aromatic carbocycles.